The van der Waals surface area contributed by atoms with Crippen molar-refractivity contribution >= 4 is 12.2 Å². The summed E-state index contributed by atoms with van der Waals surface area (Å²) < 4.78 is 0. The highest BCUT2D eigenvalue weighted by molar-refractivity contribution is 5.83. The van der Waals surface area contributed by atoms with Crippen LogP contribution in [0.25, 0.3) is 0 Å². The van der Waals surface area contributed by atoms with Gasteiger partial charge < -0.3 is 10.1 Å². The molecule has 0 unspecified atom stereocenters. The molecule has 0 saturated carbocycles. The lowest BCUT2D eigenvalue weighted by molar-refractivity contribution is -0.127. The third kappa shape index (κ3) is 4.03. The van der Waals surface area contributed by atoms with Gasteiger partial charge in [0, 0.05) is 0 Å². The van der Waals surface area contributed by atoms with Gasteiger partial charge >= 0.3 is 0 Å². The lowest BCUT2D eigenvalue weighted by atomic mass is 10.0. The van der Waals surface area contributed by atoms with Crippen molar-refractivity contribution in [3.63, 3.8) is 0 Å². The van der Waals surface area contributed by atoms with Crippen molar-refractivity contribution in [2.75, 3.05) is 20.6 Å². The third-order valence-corrected chi connectivity index (χ3v) is 1.82. The van der Waals surface area contributed by atoms with Crippen LogP contribution in [0.1, 0.15) is 13.8 Å². The minimum absolute atomic E-state index is 0.0906. The van der Waals surface area contributed by atoms with Crippen LogP contribution in [0.4, 0.5) is 0 Å². The normalized spacial score (nSPS) is 13.1. The van der Waals surface area contributed by atoms with Crippen molar-refractivity contribution in [3.05, 3.63) is 0 Å². The van der Waals surface area contributed by atoms with Crippen LogP contribution in [0.3, 0.4) is 0 Å². The molecule has 4 nitrogen and oxygen atoms in total. The SMILES string of the molecule is CC(C)[C@@H](C(=O)NCC=O)N(C)C. The quantitative estimate of drug-likeness (QED) is 0.609. The topological polar surface area (TPSA) is 49.4 Å². The van der Waals surface area contributed by atoms with E-state index in [1.165, 1.54) is 0 Å². The summed E-state index contributed by atoms with van der Waals surface area (Å²) in [5.74, 6) is 0.147. The molecule has 76 valence electrons. The van der Waals surface area contributed by atoms with E-state index in [4.69, 9.17) is 0 Å². The second-order valence-electron chi connectivity index (χ2n) is 3.56. The molecule has 0 radical (unpaired) electrons. The first-order valence-electron chi connectivity index (χ1n) is 4.38. The van der Waals surface area contributed by atoms with E-state index in [0.717, 1.165) is 0 Å². The Morgan fingerprint density at radius 2 is 2.00 bits per heavy atom. The molecule has 0 aromatic heterocycles. The minimum Gasteiger partial charge on any atom is -0.348 e. The van der Waals surface area contributed by atoms with E-state index in [2.05, 4.69) is 5.32 Å². The lowest BCUT2D eigenvalue weighted by Gasteiger charge is -2.26. The highest BCUT2D eigenvalue weighted by atomic mass is 16.2. The number of aldehydes is 1. The number of carbonyl (C=O) groups is 2. The van der Waals surface area contributed by atoms with Crippen LogP contribution in [0.2, 0.25) is 0 Å². The lowest BCUT2D eigenvalue weighted by Crippen LogP contribution is -2.47. The van der Waals surface area contributed by atoms with E-state index in [1.807, 2.05) is 32.8 Å². The molecule has 0 aliphatic rings. The zero-order chi connectivity index (χ0) is 10.4. The molecular formula is C9H18N2O2. The molecule has 0 spiro atoms. The van der Waals surface area contributed by atoms with Gasteiger partial charge in [0.05, 0.1) is 12.6 Å². The van der Waals surface area contributed by atoms with Crippen LogP contribution >= 0.6 is 0 Å². The largest absolute Gasteiger partial charge is 0.348 e. The van der Waals surface area contributed by atoms with E-state index in [0.29, 0.717) is 6.29 Å². The van der Waals surface area contributed by atoms with Crippen LogP contribution < -0.4 is 5.32 Å². The summed E-state index contributed by atoms with van der Waals surface area (Å²) in [5.41, 5.74) is 0. The van der Waals surface area contributed by atoms with Gasteiger partial charge in [0.15, 0.2) is 0 Å². The molecule has 0 aromatic carbocycles. The van der Waals surface area contributed by atoms with Crippen molar-refractivity contribution in [2.45, 2.75) is 19.9 Å². The Morgan fingerprint density at radius 3 is 2.31 bits per heavy atom. The van der Waals surface area contributed by atoms with Gasteiger partial charge in [-0.05, 0) is 20.0 Å². The Hall–Kier alpha value is -0.900. The summed E-state index contributed by atoms with van der Waals surface area (Å²) >= 11 is 0. The zero-order valence-corrected chi connectivity index (χ0v) is 8.70. The van der Waals surface area contributed by atoms with Crippen LogP contribution in [0, 0.1) is 5.92 Å². The van der Waals surface area contributed by atoms with Gasteiger partial charge in [-0.2, -0.15) is 0 Å². The van der Waals surface area contributed by atoms with Crippen molar-refractivity contribution in [3.8, 4) is 0 Å². The van der Waals surface area contributed by atoms with E-state index >= 15 is 0 Å². The van der Waals surface area contributed by atoms with Gasteiger partial charge in [0.1, 0.15) is 6.29 Å². The average molecular weight is 186 g/mol. The first-order valence-corrected chi connectivity index (χ1v) is 4.38. The van der Waals surface area contributed by atoms with E-state index in [9.17, 15) is 9.59 Å². The van der Waals surface area contributed by atoms with E-state index in [-0.39, 0.29) is 24.4 Å². The summed E-state index contributed by atoms with van der Waals surface area (Å²) in [7, 11) is 3.70. The van der Waals surface area contributed by atoms with Gasteiger partial charge in [0.2, 0.25) is 5.91 Å². The molecule has 0 aliphatic heterocycles. The highest BCUT2D eigenvalue weighted by Gasteiger charge is 2.23. The Bertz CT molecular complexity index is 170. The molecule has 0 aromatic rings. The molecule has 0 rings (SSSR count). The fraction of sp³-hybridized carbons (Fsp3) is 0.778. The first-order chi connectivity index (χ1) is 6.00. The molecular weight excluding hydrogens is 168 g/mol. The Labute approximate surface area is 79.3 Å². The maximum absolute atomic E-state index is 11.5. The van der Waals surface area contributed by atoms with Crippen LogP contribution in [-0.4, -0.2) is 43.8 Å². The molecule has 0 saturated heterocycles. The summed E-state index contributed by atoms with van der Waals surface area (Å²) in [6, 6.07) is -0.167. The van der Waals surface area contributed by atoms with Crippen LogP contribution in [-0.2, 0) is 9.59 Å². The van der Waals surface area contributed by atoms with Crippen molar-refractivity contribution < 1.29 is 9.59 Å². The molecule has 0 aliphatic carbocycles. The smallest absolute Gasteiger partial charge is 0.237 e. The fourth-order valence-electron chi connectivity index (χ4n) is 1.38. The van der Waals surface area contributed by atoms with Crippen LogP contribution in [0.5, 0.6) is 0 Å². The molecule has 13 heavy (non-hydrogen) atoms. The third-order valence-electron chi connectivity index (χ3n) is 1.82. The maximum atomic E-state index is 11.5. The van der Waals surface area contributed by atoms with E-state index < -0.39 is 0 Å². The number of nitrogens with one attached hydrogen (secondary N) is 1. The first kappa shape index (κ1) is 12.1. The van der Waals surface area contributed by atoms with Crippen LogP contribution in [0.15, 0.2) is 0 Å². The number of hydrogen-bond acceptors (Lipinski definition) is 3. The monoisotopic (exact) mass is 186 g/mol. The number of amides is 1. The summed E-state index contributed by atoms with van der Waals surface area (Å²) in [6.45, 7) is 4.05. The summed E-state index contributed by atoms with van der Waals surface area (Å²) in [5, 5.41) is 2.55. The van der Waals surface area contributed by atoms with Gasteiger partial charge in [-0.25, -0.2) is 0 Å². The van der Waals surface area contributed by atoms with Gasteiger partial charge in [-0.1, -0.05) is 13.8 Å². The van der Waals surface area contributed by atoms with Crippen molar-refractivity contribution in [2.24, 2.45) is 5.92 Å². The van der Waals surface area contributed by atoms with Gasteiger partial charge in [0.25, 0.3) is 0 Å². The zero-order valence-electron chi connectivity index (χ0n) is 8.70. The molecule has 1 atom stereocenters. The van der Waals surface area contributed by atoms with Crippen molar-refractivity contribution in [1.82, 2.24) is 10.2 Å². The maximum Gasteiger partial charge on any atom is 0.237 e. The standard InChI is InChI=1S/C9H18N2O2/c1-7(2)8(11(3)4)9(13)10-5-6-12/h6-8H,5H2,1-4H3,(H,10,13)/t8-/m0/s1. The van der Waals surface area contributed by atoms with Gasteiger partial charge in [-0.15, -0.1) is 0 Å². The number of hydrogen-bond donors (Lipinski definition) is 1. The second-order valence-corrected chi connectivity index (χ2v) is 3.56. The number of rotatable bonds is 5. The number of likely N-dealkylation sites (N-methyl/N-ethyl adjacent to an activating group) is 1. The predicted molar refractivity (Wildman–Crippen MR) is 51.4 cm³/mol. The highest BCUT2D eigenvalue weighted by Crippen LogP contribution is 2.06. The Morgan fingerprint density at radius 1 is 1.46 bits per heavy atom. The molecule has 0 heterocycles. The van der Waals surface area contributed by atoms with Crippen molar-refractivity contribution in [1.29, 1.82) is 0 Å². The average Bonchev–Trinajstić information content (AvgIpc) is 1.99. The predicted octanol–water partition coefficient (Wildman–Crippen LogP) is -0.112. The second kappa shape index (κ2) is 5.70. The summed E-state index contributed by atoms with van der Waals surface area (Å²) in [4.78, 5) is 23.4. The number of carbonyl (C=O) groups excluding carboxylic acids is 2. The molecule has 4 heteroatoms. The fourth-order valence-corrected chi connectivity index (χ4v) is 1.38. The van der Waals surface area contributed by atoms with E-state index in [1.54, 1.807) is 0 Å². The Balaban J connectivity index is 4.20. The minimum atomic E-state index is -0.167. The molecule has 1 amide bonds. The Kier molecular flexibility index (Phi) is 5.30. The molecule has 1 N–H and O–H groups in total. The van der Waals surface area contributed by atoms with Gasteiger partial charge in [-0.3, -0.25) is 9.69 Å². The summed E-state index contributed by atoms with van der Waals surface area (Å²) in [6.07, 6.45) is 0.685. The molecule has 0 fully saturated rings. The number of nitrogens with zero attached hydrogens (tertiary/aromatic N) is 1. The molecule has 0 bridgehead atoms.